The number of hydrogen-bond acceptors (Lipinski definition) is 4. The molecule has 0 unspecified atom stereocenters. The van der Waals surface area contributed by atoms with Crippen molar-refractivity contribution in [3.8, 4) is 0 Å². The van der Waals surface area contributed by atoms with Crippen molar-refractivity contribution in [1.82, 2.24) is 14.7 Å². The molecule has 3 aromatic rings. The van der Waals surface area contributed by atoms with Gasteiger partial charge in [-0.2, -0.15) is 0 Å². The van der Waals surface area contributed by atoms with Gasteiger partial charge in [-0.25, -0.2) is 14.2 Å². The standard InChI is InChI=1S/C19H18FN3O3/c1-12-4-3-5-17-22-16(11-23(12)17)19(25)26-13(2)18(24)21-10-14-6-8-15(20)9-7-14/h3-9,11,13H,10H2,1-2H3,(H,21,24)/t13-/m0/s1. The van der Waals surface area contributed by atoms with Gasteiger partial charge in [0.1, 0.15) is 11.5 Å². The summed E-state index contributed by atoms with van der Waals surface area (Å²) in [7, 11) is 0. The molecule has 134 valence electrons. The molecule has 0 aliphatic rings. The third kappa shape index (κ3) is 3.88. The second-order valence-corrected chi connectivity index (χ2v) is 5.91. The number of nitrogens with one attached hydrogen (secondary N) is 1. The minimum absolute atomic E-state index is 0.137. The molecule has 0 bridgehead atoms. The molecule has 3 rings (SSSR count). The summed E-state index contributed by atoms with van der Waals surface area (Å²) in [5.74, 6) is -1.45. The van der Waals surface area contributed by atoms with Gasteiger partial charge in [-0.15, -0.1) is 0 Å². The van der Waals surface area contributed by atoms with Gasteiger partial charge < -0.3 is 14.5 Å². The number of halogens is 1. The quantitative estimate of drug-likeness (QED) is 0.714. The van der Waals surface area contributed by atoms with Crippen molar-refractivity contribution < 1.29 is 18.7 Å². The topological polar surface area (TPSA) is 72.7 Å². The first-order chi connectivity index (χ1) is 12.4. The summed E-state index contributed by atoms with van der Waals surface area (Å²) < 4.78 is 19.8. The van der Waals surface area contributed by atoms with E-state index in [0.29, 0.717) is 5.65 Å². The molecule has 7 heteroatoms. The number of rotatable bonds is 5. The Hall–Kier alpha value is -3.22. The van der Waals surface area contributed by atoms with E-state index in [0.717, 1.165) is 11.3 Å². The molecule has 1 atom stereocenters. The van der Waals surface area contributed by atoms with Crippen LogP contribution in [0.25, 0.3) is 5.65 Å². The lowest BCUT2D eigenvalue weighted by molar-refractivity contribution is -0.129. The van der Waals surface area contributed by atoms with Crippen molar-refractivity contribution in [2.24, 2.45) is 0 Å². The number of ether oxygens (including phenoxy) is 1. The zero-order valence-corrected chi connectivity index (χ0v) is 14.4. The molecule has 0 aliphatic heterocycles. The Balaban J connectivity index is 1.59. The first-order valence-corrected chi connectivity index (χ1v) is 8.12. The van der Waals surface area contributed by atoms with Crippen LogP contribution in [0.1, 0.15) is 28.7 Å². The van der Waals surface area contributed by atoms with Gasteiger partial charge in [0.25, 0.3) is 5.91 Å². The third-order valence-corrected chi connectivity index (χ3v) is 3.94. The second kappa shape index (κ2) is 7.35. The van der Waals surface area contributed by atoms with Crippen molar-refractivity contribution in [3.63, 3.8) is 0 Å². The monoisotopic (exact) mass is 355 g/mol. The normalized spacial score (nSPS) is 12.0. The van der Waals surface area contributed by atoms with E-state index in [9.17, 15) is 14.0 Å². The van der Waals surface area contributed by atoms with Crippen molar-refractivity contribution in [1.29, 1.82) is 0 Å². The maximum Gasteiger partial charge on any atom is 0.359 e. The number of fused-ring (bicyclic) bond motifs is 1. The molecule has 0 saturated heterocycles. The summed E-state index contributed by atoms with van der Waals surface area (Å²) in [6.45, 7) is 3.60. The molecule has 6 nitrogen and oxygen atoms in total. The molecule has 1 N–H and O–H groups in total. The smallest absolute Gasteiger partial charge is 0.359 e. The van der Waals surface area contributed by atoms with E-state index < -0.39 is 18.0 Å². The van der Waals surface area contributed by atoms with E-state index in [4.69, 9.17) is 4.74 Å². The number of aromatic nitrogens is 2. The number of aryl methyl sites for hydroxylation is 1. The number of amides is 1. The molecule has 26 heavy (non-hydrogen) atoms. The molecule has 0 saturated carbocycles. The van der Waals surface area contributed by atoms with Crippen LogP contribution in [-0.2, 0) is 16.1 Å². The molecular weight excluding hydrogens is 337 g/mol. The average Bonchev–Trinajstić information content (AvgIpc) is 3.07. The Morgan fingerprint density at radius 3 is 2.65 bits per heavy atom. The highest BCUT2D eigenvalue weighted by Gasteiger charge is 2.21. The predicted molar refractivity (Wildman–Crippen MR) is 93.1 cm³/mol. The van der Waals surface area contributed by atoms with Crippen LogP contribution < -0.4 is 5.32 Å². The minimum Gasteiger partial charge on any atom is -0.448 e. The van der Waals surface area contributed by atoms with Gasteiger partial charge in [0.05, 0.1) is 0 Å². The van der Waals surface area contributed by atoms with E-state index in [1.807, 2.05) is 19.1 Å². The summed E-state index contributed by atoms with van der Waals surface area (Å²) in [6.07, 6.45) is 0.602. The highest BCUT2D eigenvalue weighted by Crippen LogP contribution is 2.10. The van der Waals surface area contributed by atoms with Crippen LogP contribution in [0.4, 0.5) is 4.39 Å². The summed E-state index contributed by atoms with van der Waals surface area (Å²) in [5.41, 5.74) is 2.44. The zero-order chi connectivity index (χ0) is 18.7. The average molecular weight is 355 g/mol. The van der Waals surface area contributed by atoms with Crippen LogP contribution in [0, 0.1) is 12.7 Å². The number of esters is 1. The van der Waals surface area contributed by atoms with Crippen molar-refractivity contribution in [2.45, 2.75) is 26.5 Å². The van der Waals surface area contributed by atoms with E-state index in [2.05, 4.69) is 10.3 Å². The van der Waals surface area contributed by atoms with Crippen LogP contribution in [0.3, 0.4) is 0 Å². The Morgan fingerprint density at radius 1 is 1.23 bits per heavy atom. The fraction of sp³-hybridized carbons (Fsp3) is 0.211. The lowest BCUT2D eigenvalue weighted by Gasteiger charge is -2.12. The molecule has 1 aromatic carbocycles. The lowest BCUT2D eigenvalue weighted by Crippen LogP contribution is -2.35. The molecule has 1 amide bonds. The summed E-state index contributed by atoms with van der Waals surface area (Å²) in [5, 5.41) is 2.65. The number of hydrogen-bond donors (Lipinski definition) is 1. The van der Waals surface area contributed by atoms with Crippen LogP contribution in [0.5, 0.6) is 0 Å². The van der Waals surface area contributed by atoms with E-state index >= 15 is 0 Å². The van der Waals surface area contributed by atoms with Crippen LogP contribution in [0.2, 0.25) is 0 Å². The number of benzene rings is 1. The predicted octanol–water partition coefficient (Wildman–Crippen LogP) is 2.64. The number of pyridine rings is 1. The number of carbonyl (C=O) groups excluding carboxylic acids is 2. The van der Waals surface area contributed by atoms with Crippen LogP contribution in [0.15, 0.2) is 48.7 Å². The molecule has 2 heterocycles. The minimum atomic E-state index is -0.978. The molecule has 0 spiro atoms. The van der Waals surface area contributed by atoms with Crippen molar-refractivity contribution in [2.75, 3.05) is 0 Å². The number of imidazole rings is 1. The Kier molecular flexibility index (Phi) is 4.97. The third-order valence-electron chi connectivity index (χ3n) is 3.94. The summed E-state index contributed by atoms with van der Waals surface area (Å²) >= 11 is 0. The maximum absolute atomic E-state index is 12.9. The van der Waals surface area contributed by atoms with Gasteiger partial charge in [-0.3, -0.25) is 4.79 Å². The Morgan fingerprint density at radius 2 is 1.96 bits per heavy atom. The molecule has 0 aliphatic carbocycles. The largest absolute Gasteiger partial charge is 0.448 e. The fourth-order valence-electron chi connectivity index (χ4n) is 2.46. The Bertz CT molecular complexity index is 950. The fourth-order valence-corrected chi connectivity index (χ4v) is 2.46. The Labute approximate surface area is 149 Å². The van der Waals surface area contributed by atoms with Gasteiger partial charge in [-0.1, -0.05) is 18.2 Å². The molecular formula is C19H18FN3O3. The SMILES string of the molecule is Cc1cccc2nc(C(=O)O[C@@H](C)C(=O)NCc3ccc(F)cc3)cn12. The van der Waals surface area contributed by atoms with Crippen molar-refractivity contribution in [3.05, 3.63) is 71.4 Å². The van der Waals surface area contributed by atoms with Crippen molar-refractivity contribution >= 4 is 17.5 Å². The van der Waals surface area contributed by atoms with E-state index in [1.165, 1.54) is 19.1 Å². The number of nitrogens with zero attached hydrogens (tertiary/aromatic N) is 2. The zero-order valence-electron chi connectivity index (χ0n) is 14.4. The van der Waals surface area contributed by atoms with Crippen LogP contribution >= 0.6 is 0 Å². The van der Waals surface area contributed by atoms with E-state index in [-0.39, 0.29) is 18.1 Å². The summed E-state index contributed by atoms with van der Waals surface area (Å²) in [6, 6.07) is 11.3. The molecule has 0 fully saturated rings. The number of carbonyl (C=O) groups is 2. The van der Waals surface area contributed by atoms with Gasteiger partial charge in [0, 0.05) is 18.4 Å². The summed E-state index contributed by atoms with van der Waals surface area (Å²) in [4.78, 5) is 28.5. The highest BCUT2D eigenvalue weighted by molar-refractivity contribution is 5.91. The first-order valence-electron chi connectivity index (χ1n) is 8.12. The lowest BCUT2D eigenvalue weighted by atomic mass is 10.2. The highest BCUT2D eigenvalue weighted by atomic mass is 19.1. The maximum atomic E-state index is 12.9. The van der Waals surface area contributed by atoms with Gasteiger partial charge >= 0.3 is 5.97 Å². The van der Waals surface area contributed by atoms with Gasteiger partial charge in [0.2, 0.25) is 0 Å². The van der Waals surface area contributed by atoms with Gasteiger partial charge in [-0.05, 0) is 43.7 Å². The van der Waals surface area contributed by atoms with Crippen LogP contribution in [-0.4, -0.2) is 27.4 Å². The molecule has 0 radical (unpaired) electrons. The first kappa shape index (κ1) is 17.6. The van der Waals surface area contributed by atoms with Gasteiger partial charge in [0.15, 0.2) is 11.8 Å². The second-order valence-electron chi connectivity index (χ2n) is 5.91. The van der Waals surface area contributed by atoms with E-state index in [1.54, 1.807) is 28.8 Å². The molecule has 2 aromatic heterocycles.